The van der Waals surface area contributed by atoms with Gasteiger partial charge in [-0.1, -0.05) is 23.7 Å². The fourth-order valence-corrected chi connectivity index (χ4v) is 2.59. The van der Waals surface area contributed by atoms with Crippen molar-refractivity contribution in [3.8, 4) is 0 Å². The Morgan fingerprint density at radius 2 is 1.76 bits per heavy atom. The van der Waals surface area contributed by atoms with Crippen molar-refractivity contribution in [1.82, 2.24) is 0 Å². The molecule has 2 heterocycles. The molecule has 1 aliphatic heterocycles. The molecular weight excluding hydrogens is 342 g/mol. The van der Waals surface area contributed by atoms with Crippen molar-refractivity contribution in [1.29, 1.82) is 0 Å². The smallest absolute Gasteiger partial charge is 0.363 e. The number of fused-ring (bicyclic) bond motifs is 1. The number of cyclic esters (lactones) is 1. The fourth-order valence-electron chi connectivity index (χ4n) is 2.46. The molecule has 25 heavy (non-hydrogen) atoms. The number of rotatable bonds is 2. The van der Waals surface area contributed by atoms with Crippen LogP contribution >= 0.6 is 11.6 Å². The lowest BCUT2D eigenvalue weighted by atomic mass is 10.1. The molecule has 3 aromatic rings. The minimum absolute atomic E-state index is 0.0348. The molecule has 0 saturated heterocycles. The highest BCUT2D eigenvalue weighted by atomic mass is 35.5. The number of ether oxygens (including phenoxy) is 1. The summed E-state index contributed by atoms with van der Waals surface area (Å²) in [7, 11) is 0. The standard InChI is InChI=1S/C19H10ClNO4/c20-13-7-5-11(6-8-13)18-21-15(19(23)25-18)9-12-10-24-16-4-2-1-3-14(16)17(12)22/h1-10H/b15-9-. The third-order valence-electron chi connectivity index (χ3n) is 3.71. The molecular formula is C19H10ClNO4. The summed E-state index contributed by atoms with van der Waals surface area (Å²) in [6.45, 7) is 0. The molecule has 0 fully saturated rings. The molecule has 0 amide bonds. The monoisotopic (exact) mass is 351 g/mol. The summed E-state index contributed by atoms with van der Waals surface area (Å²) in [4.78, 5) is 28.7. The number of carbonyl (C=O) groups excluding carboxylic acids is 1. The quantitative estimate of drug-likeness (QED) is 0.520. The van der Waals surface area contributed by atoms with Crippen molar-refractivity contribution < 1.29 is 13.9 Å². The molecule has 0 N–H and O–H groups in total. The van der Waals surface area contributed by atoms with Gasteiger partial charge < -0.3 is 9.15 Å². The Bertz CT molecular complexity index is 1110. The lowest BCUT2D eigenvalue weighted by Gasteiger charge is -1.98. The maximum absolute atomic E-state index is 12.5. The number of hydrogen-bond acceptors (Lipinski definition) is 5. The topological polar surface area (TPSA) is 68.9 Å². The maximum atomic E-state index is 12.5. The zero-order valence-corrected chi connectivity index (χ0v) is 13.5. The molecule has 0 radical (unpaired) electrons. The van der Waals surface area contributed by atoms with Crippen LogP contribution in [0, 0.1) is 0 Å². The van der Waals surface area contributed by atoms with E-state index in [1.54, 1.807) is 48.5 Å². The second kappa shape index (κ2) is 6.03. The van der Waals surface area contributed by atoms with E-state index >= 15 is 0 Å². The van der Waals surface area contributed by atoms with E-state index < -0.39 is 5.97 Å². The summed E-state index contributed by atoms with van der Waals surface area (Å²) in [6, 6.07) is 13.6. The number of hydrogen-bond donors (Lipinski definition) is 0. The fraction of sp³-hybridized carbons (Fsp3) is 0. The first kappa shape index (κ1) is 15.4. The van der Waals surface area contributed by atoms with Gasteiger partial charge in [0.15, 0.2) is 11.1 Å². The number of carbonyl (C=O) groups is 1. The molecule has 0 saturated carbocycles. The van der Waals surface area contributed by atoms with Crippen molar-refractivity contribution in [2.45, 2.75) is 0 Å². The van der Waals surface area contributed by atoms with Crippen molar-refractivity contribution in [3.05, 3.63) is 86.9 Å². The molecule has 122 valence electrons. The summed E-state index contributed by atoms with van der Waals surface area (Å²) >= 11 is 5.84. The molecule has 2 aromatic carbocycles. The molecule has 1 aliphatic rings. The van der Waals surface area contributed by atoms with Crippen molar-refractivity contribution in [2.24, 2.45) is 4.99 Å². The van der Waals surface area contributed by atoms with Crippen LogP contribution in [0.3, 0.4) is 0 Å². The van der Waals surface area contributed by atoms with Gasteiger partial charge in [-0.25, -0.2) is 9.79 Å². The highest BCUT2D eigenvalue weighted by Crippen LogP contribution is 2.20. The van der Waals surface area contributed by atoms with Crippen molar-refractivity contribution >= 4 is 40.5 Å². The Kier molecular flexibility index (Phi) is 3.71. The van der Waals surface area contributed by atoms with E-state index in [1.807, 2.05) is 0 Å². The van der Waals surface area contributed by atoms with Gasteiger partial charge >= 0.3 is 5.97 Å². The van der Waals surface area contributed by atoms with E-state index in [1.165, 1.54) is 12.3 Å². The first-order valence-corrected chi connectivity index (χ1v) is 7.79. The number of halogens is 1. The van der Waals surface area contributed by atoms with Crippen LogP contribution in [0.2, 0.25) is 5.02 Å². The predicted molar refractivity (Wildman–Crippen MR) is 94.5 cm³/mol. The molecule has 0 spiro atoms. The average Bonchev–Trinajstić information content (AvgIpc) is 2.99. The lowest BCUT2D eigenvalue weighted by molar-refractivity contribution is -0.129. The van der Waals surface area contributed by atoms with Crippen LogP contribution in [0.25, 0.3) is 17.0 Å². The summed E-state index contributed by atoms with van der Waals surface area (Å²) < 4.78 is 10.6. The van der Waals surface area contributed by atoms with E-state index in [0.717, 1.165) is 0 Å². The summed E-state index contributed by atoms with van der Waals surface area (Å²) in [5.41, 5.74) is 1.12. The molecule has 0 aliphatic carbocycles. The van der Waals surface area contributed by atoms with Crippen LogP contribution in [-0.2, 0) is 9.53 Å². The SMILES string of the molecule is O=C1OC(c2ccc(Cl)cc2)=N/C1=C\c1coc2ccccc2c1=O. The van der Waals surface area contributed by atoms with Gasteiger partial charge in [-0.05, 0) is 42.5 Å². The second-order valence-corrected chi connectivity index (χ2v) is 5.80. The van der Waals surface area contributed by atoms with E-state index in [9.17, 15) is 9.59 Å². The average molecular weight is 352 g/mol. The molecule has 1 aromatic heterocycles. The van der Waals surface area contributed by atoms with E-state index in [4.69, 9.17) is 20.8 Å². The number of benzene rings is 2. The number of esters is 1. The van der Waals surface area contributed by atoms with Gasteiger partial charge in [-0.15, -0.1) is 0 Å². The number of para-hydroxylation sites is 1. The van der Waals surface area contributed by atoms with Crippen LogP contribution in [-0.4, -0.2) is 11.9 Å². The van der Waals surface area contributed by atoms with Crippen LogP contribution in [0.15, 0.2) is 74.7 Å². The summed E-state index contributed by atoms with van der Waals surface area (Å²) in [5.74, 6) is -0.462. The van der Waals surface area contributed by atoms with Gasteiger partial charge in [0.05, 0.1) is 10.9 Å². The van der Waals surface area contributed by atoms with Gasteiger partial charge in [0.2, 0.25) is 5.90 Å². The Morgan fingerprint density at radius 1 is 1.00 bits per heavy atom. The maximum Gasteiger partial charge on any atom is 0.363 e. The molecule has 6 heteroatoms. The van der Waals surface area contributed by atoms with Crippen LogP contribution in [0.4, 0.5) is 0 Å². The third-order valence-corrected chi connectivity index (χ3v) is 3.96. The van der Waals surface area contributed by atoms with Gasteiger partial charge in [-0.3, -0.25) is 4.79 Å². The van der Waals surface area contributed by atoms with Gasteiger partial charge in [0.1, 0.15) is 11.8 Å². The second-order valence-electron chi connectivity index (χ2n) is 5.36. The normalized spacial score (nSPS) is 15.5. The molecule has 0 atom stereocenters. The Balaban J connectivity index is 1.76. The minimum Gasteiger partial charge on any atom is -0.463 e. The van der Waals surface area contributed by atoms with Crippen LogP contribution in [0.1, 0.15) is 11.1 Å². The Labute approximate surface area is 146 Å². The largest absolute Gasteiger partial charge is 0.463 e. The van der Waals surface area contributed by atoms with Crippen molar-refractivity contribution in [2.75, 3.05) is 0 Å². The first-order valence-electron chi connectivity index (χ1n) is 7.41. The number of aliphatic imine (C=N–C) groups is 1. The predicted octanol–water partition coefficient (Wildman–Crippen LogP) is 3.79. The summed E-state index contributed by atoms with van der Waals surface area (Å²) in [5, 5.41) is 1.00. The van der Waals surface area contributed by atoms with E-state index in [2.05, 4.69) is 4.99 Å². The van der Waals surface area contributed by atoms with Crippen molar-refractivity contribution in [3.63, 3.8) is 0 Å². The minimum atomic E-state index is -0.627. The molecule has 0 unspecified atom stereocenters. The van der Waals surface area contributed by atoms with Gasteiger partial charge in [-0.2, -0.15) is 0 Å². The van der Waals surface area contributed by atoms with E-state index in [0.29, 0.717) is 21.6 Å². The third kappa shape index (κ3) is 2.86. The van der Waals surface area contributed by atoms with Gasteiger partial charge in [0, 0.05) is 10.6 Å². The van der Waals surface area contributed by atoms with Crippen LogP contribution < -0.4 is 5.43 Å². The summed E-state index contributed by atoms with van der Waals surface area (Å²) in [6.07, 6.45) is 2.67. The lowest BCUT2D eigenvalue weighted by Crippen LogP contribution is -2.07. The first-order chi connectivity index (χ1) is 12.1. The molecule has 5 nitrogen and oxygen atoms in total. The zero-order valence-electron chi connectivity index (χ0n) is 12.7. The zero-order chi connectivity index (χ0) is 17.4. The van der Waals surface area contributed by atoms with Crippen LogP contribution in [0.5, 0.6) is 0 Å². The Morgan fingerprint density at radius 3 is 2.56 bits per heavy atom. The number of nitrogens with zero attached hydrogens (tertiary/aromatic N) is 1. The Hall–Kier alpha value is -3.18. The highest BCUT2D eigenvalue weighted by molar-refractivity contribution is 6.30. The molecule has 4 rings (SSSR count). The van der Waals surface area contributed by atoms with Gasteiger partial charge in [0.25, 0.3) is 0 Å². The molecule has 0 bridgehead atoms. The van der Waals surface area contributed by atoms with E-state index in [-0.39, 0.29) is 22.6 Å². The highest BCUT2D eigenvalue weighted by Gasteiger charge is 2.24.